The van der Waals surface area contributed by atoms with E-state index < -0.39 is 21.7 Å². The van der Waals surface area contributed by atoms with E-state index in [0.717, 1.165) is 0 Å². The fraction of sp³-hybridized carbons (Fsp3) is 0.389. The van der Waals surface area contributed by atoms with Gasteiger partial charge < -0.3 is 9.64 Å². The van der Waals surface area contributed by atoms with Crippen LogP contribution in [-0.4, -0.2) is 43.6 Å². The normalized spacial score (nSPS) is 24.3. The van der Waals surface area contributed by atoms with Crippen LogP contribution < -0.4 is 0 Å². The molecule has 0 spiro atoms. The second kappa shape index (κ2) is 6.80. The molecule has 1 aromatic rings. The topological polar surface area (TPSA) is 107 Å². The van der Waals surface area contributed by atoms with Crippen molar-refractivity contribution in [2.45, 2.75) is 43.5 Å². The van der Waals surface area contributed by atoms with E-state index in [1.165, 1.54) is 53.9 Å². The molecule has 142 valence electrons. The maximum atomic E-state index is 12.6. The number of thioether (sulfide) groups is 1. The van der Waals surface area contributed by atoms with Gasteiger partial charge in [0.15, 0.2) is 5.78 Å². The Morgan fingerprint density at radius 3 is 2.52 bits per heavy atom. The maximum absolute atomic E-state index is 12.6. The van der Waals surface area contributed by atoms with E-state index in [1.54, 1.807) is 0 Å². The summed E-state index contributed by atoms with van der Waals surface area (Å²) in [6.07, 6.45) is 1.32. The second-order valence-corrected chi connectivity index (χ2v) is 8.66. The Labute approximate surface area is 159 Å². The lowest BCUT2D eigenvalue weighted by atomic mass is 9.95. The van der Waals surface area contributed by atoms with Crippen LogP contribution in [0, 0.1) is 10.1 Å². The highest BCUT2D eigenvalue weighted by Crippen LogP contribution is 2.53. The van der Waals surface area contributed by atoms with Gasteiger partial charge in [0.05, 0.1) is 10.5 Å². The van der Waals surface area contributed by atoms with Gasteiger partial charge in [-0.3, -0.25) is 19.7 Å². The fourth-order valence-corrected chi connectivity index (χ4v) is 4.74. The number of non-ortho nitro benzene ring substituents is 1. The van der Waals surface area contributed by atoms with Gasteiger partial charge in [0.1, 0.15) is 18.0 Å². The summed E-state index contributed by atoms with van der Waals surface area (Å²) in [5.74, 6) is -1.07. The smallest absolute Gasteiger partial charge is 0.330 e. The molecule has 0 aliphatic carbocycles. The number of carbonyl (C=O) groups is 3. The van der Waals surface area contributed by atoms with Crippen molar-refractivity contribution in [1.82, 2.24) is 4.90 Å². The summed E-state index contributed by atoms with van der Waals surface area (Å²) in [6, 6.07) is 4.96. The lowest BCUT2D eigenvalue weighted by Crippen LogP contribution is -2.58. The van der Waals surface area contributed by atoms with E-state index in [1.807, 2.05) is 13.8 Å². The van der Waals surface area contributed by atoms with Gasteiger partial charge in [-0.2, -0.15) is 0 Å². The van der Waals surface area contributed by atoms with E-state index in [9.17, 15) is 24.5 Å². The second-order valence-electron chi connectivity index (χ2n) is 6.93. The van der Waals surface area contributed by atoms with E-state index in [2.05, 4.69) is 0 Å². The molecule has 0 saturated carbocycles. The summed E-state index contributed by atoms with van der Waals surface area (Å²) in [5, 5.41) is 10.4. The molecule has 3 rings (SSSR count). The number of β-lactam (4-membered cyclic amide) rings is 1. The summed E-state index contributed by atoms with van der Waals surface area (Å²) in [7, 11) is 0. The van der Waals surface area contributed by atoms with Crippen LogP contribution in [0.5, 0.6) is 0 Å². The van der Waals surface area contributed by atoms with Gasteiger partial charge in [-0.1, -0.05) is 0 Å². The highest BCUT2D eigenvalue weighted by molar-refractivity contribution is 8.01. The van der Waals surface area contributed by atoms with Crippen LogP contribution in [0.1, 0.15) is 26.3 Å². The molecule has 0 N–H and O–H groups in total. The van der Waals surface area contributed by atoms with Gasteiger partial charge in [-0.25, -0.2) is 4.79 Å². The van der Waals surface area contributed by atoms with Crippen molar-refractivity contribution in [1.29, 1.82) is 0 Å². The number of ketones is 1. The largest absolute Gasteiger partial charge is 0.459 e. The van der Waals surface area contributed by atoms with Gasteiger partial charge in [0, 0.05) is 16.9 Å². The quantitative estimate of drug-likeness (QED) is 0.249. The Bertz CT molecular complexity index is 861. The molecule has 2 aliphatic heterocycles. The molecule has 1 amide bonds. The number of benzene rings is 1. The number of rotatable bonds is 5. The average molecular weight is 390 g/mol. The van der Waals surface area contributed by atoms with E-state index in [4.69, 9.17) is 4.74 Å². The molecule has 1 aromatic carbocycles. The first-order chi connectivity index (χ1) is 12.6. The highest BCUT2D eigenvalue weighted by Gasteiger charge is 2.61. The number of ether oxygens (including phenoxy) is 1. The molecule has 0 radical (unpaired) electrons. The van der Waals surface area contributed by atoms with Crippen molar-refractivity contribution < 1.29 is 24.0 Å². The van der Waals surface area contributed by atoms with E-state index in [-0.39, 0.29) is 29.4 Å². The van der Waals surface area contributed by atoms with Crippen molar-refractivity contribution in [3.05, 3.63) is 51.6 Å². The first kappa shape index (κ1) is 19.1. The van der Waals surface area contributed by atoms with Crippen molar-refractivity contribution >= 4 is 35.1 Å². The zero-order valence-corrected chi connectivity index (χ0v) is 15.8. The summed E-state index contributed by atoms with van der Waals surface area (Å²) in [4.78, 5) is 47.9. The molecule has 9 heteroatoms. The lowest BCUT2D eigenvalue weighted by molar-refractivity contribution is -0.384. The van der Waals surface area contributed by atoms with Crippen molar-refractivity contribution in [2.75, 3.05) is 0 Å². The molecule has 2 saturated heterocycles. The van der Waals surface area contributed by atoms with Crippen LogP contribution in [0.2, 0.25) is 0 Å². The Balaban J connectivity index is 1.70. The lowest BCUT2D eigenvalue weighted by Gasteiger charge is -2.39. The first-order valence-electron chi connectivity index (χ1n) is 8.24. The van der Waals surface area contributed by atoms with Gasteiger partial charge in [0.2, 0.25) is 0 Å². The van der Waals surface area contributed by atoms with Crippen molar-refractivity contribution in [2.24, 2.45) is 0 Å². The number of hydrogen-bond acceptors (Lipinski definition) is 7. The minimum absolute atomic E-state index is 0.0443. The Kier molecular flexibility index (Phi) is 4.81. The number of nitro groups is 1. The molecule has 27 heavy (non-hydrogen) atoms. The van der Waals surface area contributed by atoms with Crippen LogP contribution in [0.25, 0.3) is 0 Å². The molecule has 0 unspecified atom stereocenters. The summed E-state index contributed by atoms with van der Waals surface area (Å²) < 4.78 is 4.79. The Morgan fingerprint density at radius 1 is 1.33 bits per heavy atom. The molecular weight excluding hydrogens is 372 g/mol. The van der Waals surface area contributed by atoms with Crippen LogP contribution in [0.3, 0.4) is 0 Å². The minimum atomic E-state index is -0.762. The van der Waals surface area contributed by atoms with Crippen LogP contribution in [0.4, 0.5) is 5.69 Å². The molecule has 2 fully saturated rings. The van der Waals surface area contributed by atoms with Gasteiger partial charge in [-0.15, -0.1) is 11.8 Å². The number of allylic oxidation sites excluding steroid dienone is 1. The zero-order chi connectivity index (χ0) is 19.9. The van der Waals surface area contributed by atoms with E-state index in [0.29, 0.717) is 11.1 Å². The van der Waals surface area contributed by atoms with Crippen LogP contribution >= 0.6 is 11.8 Å². The summed E-state index contributed by atoms with van der Waals surface area (Å²) >= 11 is 1.44. The number of fused-ring (bicyclic) bond motifs is 1. The highest BCUT2D eigenvalue weighted by atomic mass is 32.2. The third-order valence-corrected chi connectivity index (χ3v) is 6.00. The predicted octanol–water partition coefficient (Wildman–Crippen LogP) is 2.22. The summed E-state index contributed by atoms with van der Waals surface area (Å²) in [5.41, 5.74) is 0.976. The molecule has 0 aromatic heterocycles. The number of esters is 1. The van der Waals surface area contributed by atoms with Gasteiger partial charge in [0.25, 0.3) is 11.6 Å². The Hall–Kier alpha value is -2.68. The van der Waals surface area contributed by atoms with Crippen LogP contribution in [-0.2, 0) is 25.7 Å². The molecule has 8 nitrogen and oxygen atoms in total. The maximum Gasteiger partial charge on any atom is 0.330 e. The molecule has 0 bridgehead atoms. The Morgan fingerprint density at radius 2 is 1.96 bits per heavy atom. The monoisotopic (exact) mass is 390 g/mol. The van der Waals surface area contributed by atoms with Crippen LogP contribution in [0.15, 0.2) is 35.9 Å². The molecule has 2 aliphatic rings. The number of amides is 1. The minimum Gasteiger partial charge on any atom is -0.459 e. The molecular formula is C18H18N2O6S. The number of hydrogen-bond donors (Lipinski definition) is 0. The SMILES string of the molecule is CC(=O)/C=C1\C(=O)N2[C@@H]1SC(C)(C)[C@@H]2C(=O)OCc1ccc([N+](=O)[O-])cc1. The standard InChI is InChI=1S/C18H18N2O6S/c1-10(21)8-13-15(22)19-14(18(2,3)27-16(13)19)17(23)26-9-11-4-6-12(7-5-11)20(24)25/h4-8,14,16H,9H2,1-3H3/b13-8+/t14-,16+/m0/s1. The van der Waals surface area contributed by atoms with Crippen molar-refractivity contribution in [3.8, 4) is 0 Å². The third-order valence-electron chi connectivity index (χ3n) is 4.46. The summed E-state index contributed by atoms with van der Waals surface area (Å²) in [6.45, 7) is 5.04. The first-order valence-corrected chi connectivity index (χ1v) is 9.12. The molecule has 2 atom stereocenters. The molecule has 2 heterocycles. The average Bonchev–Trinajstić information content (AvgIpc) is 2.86. The third kappa shape index (κ3) is 3.46. The van der Waals surface area contributed by atoms with Gasteiger partial charge >= 0.3 is 5.97 Å². The number of nitrogens with zero attached hydrogens (tertiary/aromatic N) is 2. The van der Waals surface area contributed by atoms with Crippen molar-refractivity contribution in [3.63, 3.8) is 0 Å². The number of carbonyl (C=O) groups excluding carboxylic acids is 3. The fourth-order valence-electron chi connectivity index (χ4n) is 3.20. The van der Waals surface area contributed by atoms with E-state index >= 15 is 0 Å². The predicted molar refractivity (Wildman–Crippen MR) is 97.7 cm³/mol. The zero-order valence-electron chi connectivity index (χ0n) is 15.0. The number of nitro benzene ring substituents is 1. The van der Waals surface area contributed by atoms with Gasteiger partial charge in [-0.05, 0) is 44.5 Å².